The van der Waals surface area contributed by atoms with Gasteiger partial charge in [-0.1, -0.05) is 68.5 Å². The fraction of sp³-hybridized carbons (Fsp3) is 0.167. The summed E-state index contributed by atoms with van der Waals surface area (Å²) >= 11 is 0. The van der Waals surface area contributed by atoms with Crippen molar-refractivity contribution in [2.24, 2.45) is 0 Å². The number of para-hydroxylation sites is 2. The van der Waals surface area contributed by atoms with E-state index in [0.29, 0.717) is 0 Å². The van der Waals surface area contributed by atoms with Crippen LogP contribution in [0.15, 0.2) is 72.8 Å². The number of rotatable bonds is 2. The van der Waals surface area contributed by atoms with Crippen LogP contribution in [0.25, 0.3) is 33.6 Å². The molecule has 0 saturated heterocycles. The van der Waals surface area contributed by atoms with Gasteiger partial charge in [0.2, 0.25) is 0 Å². The summed E-state index contributed by atoms with van der Waals surface area (Å²) in [6, 6.07) is 23.7. The van der Waals surface area contributed by atoms with Gasteiger partial charge >= 0.3 is 0 Å². The number of hydrogen-bond donors (Lipinski definition) is 0. The number of aryl methyl sites for hydroxylation is 1. The lowest BCUT2D eigenvalue weighted by molar-refractivity contribution is 1.18. The minimum atomic E-state index is 1.20. The van der Waals surface area contributed by atoms with Gasteiger partial charge in [0.05, 0.1) is 11.0 Å². The molecule has 0 atom stereocenters. The van der Waals surface area contributed by atoms with Crippen LogP contribution in [0.2, 0.25) is 0 Å². The molecular formula is C24H25N. The molecule has 1 aromatic heterocycles. The predicted molar refractivity (Wildman–Crippen MR) is 112 cm³/mol. The summed E-state index contributed by atoms with van der Waals surface area (Å²) in [6.07, 6.45) is 4.34. The summed E-state index contributed by atoms with van der Waals surface area (Å²) in [5, 5.41) is 2.64. The molecule has 0 radical (unpaired) electrons. The molecule has 4 aromatic rings. The Labute approximate surface area is 150 Å². The topological polar surface area (TPSA) is 4.93 Å². The van der Waals surface area contributed by atoms with Crippen LogP contribution < -0.4 is 0 Å². The smallest absolute Gasteiger partial charge is 0.0547 e. The molecule has 0 fully saturated rings. The van der Waals surface area contributed by atoms with Crippen LogP contribution in [0.4, 0.5) is 0 Å². The summed E-state index contributed by atoms with van der Waals surface area (Å²) in [5.41, 5.74) is 6.34. The summed E-state index contributed by atoms with van der Waals surface area (Å²) < 4.78 is 2.36. The summed E-state index contributed by atoms with van der Waals surface area (Å²) in [4.78, 5) is 0. The maximum absolute atomic E-state index is 2.36. The number of fused-ring (bicyclic) bond motifs is 3. The second-order valence-corrected chi connectivity index (χ2v) is 5.88. The molecule has 0 unspecified atom stereocenters. The van der Waals surface area contributed by atoms with E-state index in [1.807, 2.05) is 13.8 Å². The minimum absolute atomic E-state index is 1.20. The number of aromatic nitrogens is 1. The summed E-state index contributed by atoms with van der Waals surface area (Å²) in [5.74, 6) is 0. The number of hydrogen-bond acceptors (Lipinski definition) is 0. The standard InChI is InChI=1S/C22H19N.C2H6/c1-3-9-18-16(2)14-15-21-22(18)19-12-7-8-13-20(19)23(21)17-10-5-4-6-11-17;1-2/h3-15H,1-2H3;1-2H3/b9-3-;. The molecular weight excluding hydrogens is 302 g/mol. The first-order chi connectivity index (χ1) is 12.3. The van der Waals surface area contributed by atoms with Gasteiger partial charge in [-0.25, -0.2) is 0 Å². The van der Waals surface area contributed by atoms with Crippen LogP contribution in [0.3, 0.4) is 0 Å². The molecule has 1 heteroatoms. The lowest BCUT2D eigenvalue weighted by Gasteiger charge is -2.08. The highest BCUT2D eigenvalue weighted by Gasteiger charge is 2.14. The van der Waals surface area contributed by atoms with E-state index in [9.17, 15) is 0 Å². The Morgan fingerprint density at radius 3 is 2.16 bits per heavy atom. The molecule has 0 saturated carbocycles. The largest absolute Gasteiger partial charge is 0.309 e. The molecule has 0 spiro atoms. The van der Waals surface area contributed by atoms with Crippen molar-refractivity contribution in [3.8, 4) is 5.69 Å². The van der Waals surface area contributed by atoms with Gasteiger partial charge in [0.15, 0.2) is 0 Å². The molecule has 0 aliphatic rings. The second-order valence-electron chi connectivity index (χ2n) is 5.88. The number of allylic oxidation sites excluding steroid dienone is 1. The monoisotopic (exact) mass is 327 g/mol. The second kappa shape index (κ2) is 7.40. The molecule has 1 nitrogen and oxygen atoms in total. The van der Waals surface area contributed by atoms with Crippen molar-refractivity contribution in [2.45, 2.75) is 27.7 Å². The zero-order valence-corrected chi connectivity index (χ0v) is 15.5. The van der Waals surface area contributed by atoms with Crippen molar-refractivity contribution < 1.29 is 0 Å². The average Bonchev–Trinajstić information content (AvgIpc) is 3.01. The van der Waals surface area contributed by atoms with Crippen molar-refractivity contribution in [2.75, 3.05) is 0 Å². The van der Waals surface area contributed by atoms with Gasteiger partial charge in [-0.3, -0.25) is 0 Å². The van der Waals surface area contributed by atoms with Gasteiger partial charge in [0.25, 0.3) is 0 Å². The third kappa shape index (κ3) is 2.87. The van der Waals surface area contributed by atoms with E-state index in [-0.39, 0.29) is 0 Å². The van der Waals surface area contributed by atoms with E-state index in [1.54, 1.807) is 0 Å². The molecule has 4 rings (SSSR count). The molecule has 3 aromatic carbocycles. The van der Waals surface area contributed by atoms with Crippen LogP contribution in [0.1, 0.15) is 31.9 Å². The summed E-state index contributed by atoms with van der Waals surface area (Å²) in [6.45, 7) is 8.26. The van der Waals surface area contributed by atoms with E-state index >= 15 is 0 Å². The van der Waals surface area contributed by atoms with Gasteiger partial charge in [0, 0.05) is 16.5 Å². The molecule has 0 amide bonds. The maximum Gasteiger partial charge on any atom is 0.0547 e. The van der Waals surface area contributed by atoms with Crippen molar-refractivity contribution in [3.05, 3.63) is 83.9 Å². The molecule has 126 valence electrons. The van der Waals surface area contributed by atoms with Crippen LogP contribution in [0, 0.1) is 6.92 Å². The Kier molecular flexibility index (Phi) is 5.04. The number of benzene rings is 3. The summed E-state index contributed by atoms with van der Waals surface area (Å²) in [7, 11) is 0. The highest BCUT2D eigenvalue weighted by atomic mass is 15.0. The molecule has 0 aliphatic carbocycles. The fourth-order valence-electron chi connectivity index (χ4n) is 3.43. The van der Waals surface area contributed by atoms with E-state index < -0.39 is 0 Å². The number of nitrogens with zero attached hydrogens (tertiary/aromatic N) is 1. The Bertz CT molecular complexity index is 1020. The molecule has 25 heavy (non-hydrogen) atoms. The Morgan fingerprint density at radius 2 is 1.44 bits per heavy atom. The minimum Gasteiger partial charge on any atom is -0.309 e. The van der Waals surface area contributed by atoms with Crippen LogP contribution in [-0.2, 0) is 0 Å². The van der Waals surface area contributed by atoms with Crippen LogP contribution in [-0.4, -0.2) is 4.57 Å². The molecule has 0 bridgehead atoms. The van der Waals surface area contributed by atoms with Crippen molar-refractivity contribution in [3.63, 3.8) is 0 Å². The Hall–Kier alpha value is -2.80. The Balaban J connectivity index is 0.000000880. The van der Waals surface area contributed by atoms with E-state index in [4.69, 9.17) is 0 Å². The average molecular weight is 327 g/mol. The zero-order valence-electron chi connectivity index (χ0n) is 15.5. The molecule has 0 N–H and O–H groups in total. The van der Waals surface area contributed by atoms with Crippen LogP contribution in [0.5, 0.6) is 0 Å². The van der Waals surface area contributed by atoms with E-state index in [1.165, 1.54) is 38.6 Å². The quantitative estimate of drug-likeness (QED) is 0.368. The van der Waals surface area contributed by atoms with Crippen molar-refractivity contribution in [1.29, 1.82) is 0 Å². The van der Waals surface area contributed by atoms with Crippen LogP contribution >= 0.6 is 0 Å². The van der Waals surface area contributed by atoms with Gasteiger partial charge in [-0.05, 0) is 49.2 Å². The van der Waals surface area contributed by atoms with E-state index in [2.05, 4.69) is 97.3 Å². The molecule has 1 heterocycles. The Morgan fingerprint density at radius 1 is 0.760 bits per heavy atom. The lowest BCUT2D eigenvalue weighted by Crippen LogP contribution is -1.93. The maximum atomic E-state index is 2.36. The highest BCUT2D eigenvalue weighted by molar-refractivity contribution is 6.13. The third-order valence-corrected chi connectivity index (χ3v) is 4.44. The van der Waals surface area contributed by atoms with E-state index in [0.717, 1.165) is 0 Å². The van der Waals surface area contributed by atoms with Gasteiger partial charge in [-0.2, -0.15) is 0 Å². The first kappa shape index (κ1) is 17.0. The fourth-order valence-corrected chi connectivity index (χ4v) is 3.43. The first-order valence-electron chi connectivity index (χ1n) is 9.02. The highest BCUT2D eigenvalue weighted by Crippen LogP contribution is 2.35. The lowest BCUT2D eigenvalue weighted by atomic mass is 10.0. The normalized spacial score (nSPS) is 11.0. The van der Waals surface area contributed by atoms with Crippen molar-refractivity contribution in [1.82, 2.24) is 4.57 Å². The van der Waals surface area contributed by atoms with Gasteiger partial charge in [0.1, 0.15) is 0 Å². The van der Waals surface area contributed by atoms with Crippen molar-refractivity contribution >= 4 is 27.9 Å². The van der Waals surface area contributed by atoms with Gasteiger partial charge < -0.3 is 4.57 Å². The third-order valence-electron chi connectivity index (χ3n) is 4.44. The molecule has 0 aliphatic heterocycles. The van der Waals surface area contributed by atoms with Gasteiger partial charge in [-0.15, -0.1) is 0 Å². The SMILES string of the molecule is C/C=C\c1c(C)ccc2c1c1ccccc1n2-c1ccccc1.CC. The first-order valence-corrected chi connectivity index (χ1v) is 9.02. The zero-order chi connectivity index (χ0) is 17.8. The predicted octanol–water partition coefficient (Wildman–Crippen LogP) is 7.15.